The van der Waals surface area contributed by atoms with Crippen LogP contribution in [-0.2, 0) is 13.0 Å². The van der Waals surface area contributed by atoms with E-state index in [1.54, 1.807) is 6.07 Å². The number of hydrogen-bond acceptors (Lipinski definition) is 3. The van der Waals surface area contributed by atoms with E-state index in [1.807, 2.05) is 36.4 Å². The van der Waals surface area contributed by atoms with Crippen molar-refractivity contribution < 1.29 is 9.13 Å². The summed E-state index contributed by atoms with van der Waals surface area (Å²) in [7, 11) is 0. The van der Waals surface area contributed by atoms with E-state index in [1.165, 1.54) is 12.5 Å². The molecule has 3 nitrogen and oxygen atoms in total. The minimum atomic E-state index is -0.284. The molecule has 26 heavy (non-hydrogen) atoms. The maximum Gasteiger partial charge on any atom is 0.127 e. The highest BCUT2D eigenvalue weighted by Crippen LogP contribution is 2.19. The van der Waals surface area contributed by atoms with Gasteiger partial charge in [0.1, 0.15) is 18.2 Å². The Bertz CT molecular complexity index is 646. The van der Waals surface area contributed by atoms with Crippen LogP contribution in [0.15, 0.2) is 48.5 Å². The maximum absolute atomic E-state index is 13.9. The van der Waals surface area contributed by atoms with Gasteiger partial charge in [0.25, 0.3) is 0 Å². The van der Waals surface area contributed by atoms with Gasteiger partial charge in [0.15, 0.2) is 0 Å². The molecule has 3 N–H and O–H groups in total. The molecule has 4 heteroatoms. The van der Waals surface area contributed by atoms with Crippen LogP contribution in [0.5, 0.6) is 5.75 Å². The largest absolute Gasteiger partial charge is 0.489 e. The summed E-state index contributed by atoms with van der Waals surface area (Å²) >= 11 is 0. The fraction of sp³-hybridized carbons (Fsp3) is 0.455. The van der Waals surface area contributed by atoms with Gasteiger partial charge in [-0.15, -0.1) is 0 Å². The first-order chi connectivity index (χ1) is 12.5. The van der Waals surface area contributed by atoms with Crippen LogP contribution in [0.2, 0.25) is 0 Å². The fourth-order valence-corrected chi connectivity index (χ4v) is 2.77. The van der Waals surface area contributed by atoms with Gasteiger partial charge in [-0.05, 0) is 61.5 Å². The topological polar surface area (TPSA) is 47.3 Å². The van der Waals surface area contributed by atoms with Gasteiger partial charge in [0.2, 0.25) is 0 Å². The monoisotopic (exact) mass is 358 g/mol. The number of benzene rings is 2. The number of ether oxygens (including phenoxy) is 1. The van der Waals surface area contributed by atoms with Crippen LogP contribution in [0.3, 0.4) is 0 Å². The Balaban J connectivity index is 1.80. The molecule has 0 bridgehead atoms. The van der Waals surface area contributed by atoms with Crippen molar-refractivity contribution in [1.82, 2.24) is 5.32 Å². The van der Waals surface area contributed by atoms with Crippen LogP contribution in [0.1, 0.15) is 37.8 Å². The Kier molecular flexibility index (Phi) is 8.59. The zero-order chi connectivity index (χ0) is 18.8. The van der Waals surface area contributed by atoms with Crippen molar-refractivity contribution in [2.45, 2.75) is 45.8 Å². The third-order valence-corrected chi connectivity index (χ3v) is 4.27. The predicted octanol–water partition coefficient (Wildman–Crippen LogP) is 4.30. The summed E-state index contributed by atoms with van der Waals surface area (Å²) in [5.41, 5.74) is 8.15. The van der Waals surface area contributed by atoms with Crippen LogP contribution in [0.4, 0.5) is 4.39 Å². The zero-order valence-corrected chi connectivity index (χ0v) is 15.9. The van der Waals surface area contributed by atoms with E-state index in [0.29, 0.717) is 24.7 Å². The molecule has 0 aliphatic carbocycles. The molecule has 0 radical (unpaired) electrons. The zero-order valence-electron chi connectivity index (χ0n) is 15.9. The lowest BCUT2D eigenvalue weighted by molar-refractivity contribution is 0.304. The van der Waals surface area contributed by atoms with Crippen LogP contribution in [0, 0.1) is 11.7 Å². The molecular formula is C22H31FN2O. The summed E-state index contributed by atoms with van der Waals surface area (Å²) in [6.45, 7) is 6.77. The van der Waals surface area contributed by atoms with Gasteiger partial charge in [0, 0.05) is 12.1 Å². The number of rotatable bonds is 11. The highest BCUT2D eigenvalue weighted by molar-refractivity contribution is 5.30. The van der Waals surface area contributed by atoms with Crippen molar-refractivity contribution in [3.8, 4) is 5.75 Å². The third-order valence-electron chi connectivity index (χ3n) is 4.27. The maximum atomic E-state index is 13.9. The van der Waals surface area contributed by atoms with E-state index in [4.69, 9.17) is 10.5 Å². The second kappa shape index (κ2) is 10.9. The smallest absolute Gasteiger partial charge is 0.127 e. The van der Waals surface area contributed by atoms with Crippen LogP contribution in [0.25, 0.3) is 0 Å². The van der Waals surface area contributed by atoms with Crippen molar-refractivity contribution in [2.75, 3.05) is 13.1 Å². The van der Waals surface area contributed by atoms with Crippen molar-refractivity contribution in [3.63, 3.8) is 0 Å². The van der Waals surface area contributed by atoms with Gasteiger partial charge in [0.05, 0.1) is 0 Å². The summed E-state index contributed by atoms with van der Waals surface area (Å²) in [5, 5.41) is 3.42. The first-order valence-electron chi connectivity index (χ1n) is 9.45. The Morgan fingerprint density at radius 1 is 1.00 bits per heavy atom. The first kappa shape index (κ1) is 20.4. The van der Waals surface area contributed by atoms with Crippen LogP contribution >= 0.6 is 0 Å². The number of nitrogens with one attached hydrogen (secondary N) is 1. The molecule has 0 aliphatic heterocycles. The van der Waals surface area contributed by atoms with E-state index >= 15 is 0 Å². The lowest BCUT2D eigenvalue weighted by Gasteiger charge is -2.14. The number of halogens is 1. The SMILES string of the molecule is CC(C)CCNCC[C@@H](N)Cc1cc(F)cc(OCc2ccccc2)c1. The molecule has 142 valence electrons. The third kappa shape index (κ3) is 7.98. The highest BCUT2D eigenvalue weighted by Gasteiger charge is 2.08. The molecule has 0 fully saturated rings. The molecule has 0 heterocycles. The molecule has 2 aromatic carbocycles. The quantitative estimate of drug-likeness (QED) is 0.589. The van der Waals surface area contributed by atoms with E-state index in [2.05, 4.69) is 19.2 Å². The lowest BCUT2D eigenvalue weighted by atomic mass is 10.0. The van der Waals surface area contributed by atoms with E-state index in [-0.39, 0.29) is 11.9 Å². The second-order valence-corrected chi connectivity index (χ2v) is 7.25. The van der Waals surface area contributed by atoms with Gasteiger partial charge in [-0.3, -0.25) is 0 Å². The molecule has 0 saturated heterocycles. The van der Waals surface area contributed by atoms with Gasteiger partial charge >= 0.3 is 0 Å². The Hall–Kier alpha value is -1.91. The lowest BCUT2D eigenvalue weighted by Crippen LogP contribution is -2.29. The molecule has 0 aliphatic rings. The fourth-order valence-electron chi connectivity index (χ4n) is 2.77. The average molecular weight is 359 g/mol. The molecule has 2 aromatic rings. The van der Waals surface area contributed by atoms with Gasteiger partial charge in [-0.1, -0.05) is 44.2 Å². The van der Waals surface area contributed by atoms with Crippen LogP contribution < -0.4 is 15.8 Å². The van der Waals surface area contributed by atoms with Crippen LogP contribution in [-0.4, -0.2) is 19.1 Å². The molecule has 0 amide bonds. The Morgan fingerprint density at radius 2 is 1.73 bits per heavy atom. The van der Waals surface area contributed by atoms with Crippen molar-refractivity contribution in [1.29, 1.82) is 0 Å². The van der Waals surface area contributed by atoms with Crippen molar-refractivity contribution >= 4 is 0 Å². The normalized spacial score (nSPS) is 12.3. The van der Waals surface area contributed by atoms with E-state index in [0.717, 1.165) is 30.6 Å². The van der Waals surface area contributed by atoms with E-state index in [9.17, 15) is 4.39 Å². The molecule has 0 spiro atoms. The molecule has 0 aromatic heterocycles. The molecular weight excluding hydrogens is 327 g/mol. The minimum Gasteiger partial charge on any atom is -0.489 e. The Labute approximate surface area is 156 Å². The minimum absolute atomic E-state index is 0.00493. The summed E-state index contributed by atoms with van der Waals surface area (Å²) in [4.78, 5) is 0. The van der Waals surface area contributed by atoms with Gasteiger partial charge in [-0.2, -0.15) is 0 Å². The standard InChI is InChI=1S/C22H31FN2O/c1-17(2)8-10-25-11-9-21(24)13-19-12-20(23)15-22(14-19)26-16-18-6-4-3-5-7-18/h3-7,12,14-15,17,21,25H,8-11,13,16,24H2,1-2H3/t21-/m1/s1. The summed E-state index contributed by atoms with van der Waals surface area (Å²) < 4.78 is 19.6. The summed E-state index contributed by atoms with van der Waals surface area (Å²) in [6, 6.07) is 14.7. The van der Waals surface area contributed by atoms with E-state index < -0.39 is 0 Å². The highest BCUT2D eigenvalue weighted by atomic mass is 19.1. The van der Waals surface area contributed by atoms with Crippen molar-refractivity contribution in [3.05, 3.63) is 65.5 Å². The summed E-state index contributed by atoms with van der Waals surface area (Å²) in [6.07, 6.45) is 2.68. The van der Waals surface area contributed by atoms with Crippen molar-refractivity contribution in [2.24, 2.45) is 11.7 Å². The number of hydrogen-bond donors (Lipinski definition) is 2. The van der Waals surface area contributed by atoms with Gasteiger partial charge < -0.3 is 15.8 Å². The molecule has 1 atom stereocenters. The second-order valence-electron chi connectivity index (χ2n) is 7.25. The number of nitrogens with two attached hydrogens (primary N) is 1. The molecule has 0 unspecified atom stereocenters. The molecule has 2 rings (SSSR count). The average Bonchev–Trinajstić information content (AvgIpc) is 2.60. The van der Waals surface area contributed by atoms with Gasteiger partial charge in [-0.25, -0.2) is 4.39 Å². The molecule has 0 saturated carbocycles. The predicted molar refractivity (Wildman–Crippen MR) is 106 cm³/mol. The first-order valence-corrected chi connectivity index (χ1v) is 9.45. The summed E-state index contributed by atoms with van der Waals surface area (Å²) in [5.74, 6) is 0.969. The Morgan fingerprint density at radius 3 is 2.46 bits per heavy atom.